The summed E-state index contributed by atoms with van der Waals surface area (Å²) in [6.45, 7) is 9.96. The van der Waals surface area contributed by atoms with E-state index in [4.69, 9.17) is 5.84 Å². The Morgan fingerprint density at radius 2 is 1.73 bits per heavy atom. The highest BCUT2D eigenvalue weighted by Gasteiger charge is 2.13. The minimum Gasteiger partial charge on any atom is -0.271 e. The maximum absolute atomic E-state index is 5.29. The van der Waals surface area contributed by atoms with Crippen molar-refractivity contribution in [3.05, 3.63) is 0 Å². The molecule has 3 N–H and O–H groups in total. The summed E-state index contributed by atoms with van der Waals surface area (Å²) in [5.74, 6) is 7.52. The molecule has 0 fully saturated rings. The Labute approximate surface area is 70.5 Å². The Morgan fingerprint density at radius 3 is 2.00 bits per heavy atom. The van der Waals surface area contributed by atoms with Gasteiger partial charge in [0.15, 0.2) is 0 Å². The molecule has 0 saturated heterocycles. The first-order valence-corrected chi connectivity index (χ1v) is 4.51. The molecular formula is C9H22N2. The standard InChI is InChI=1S/C9H22N2/c1-7(2)5-9(6-11-10)8(3)4/h7-9,11H,5-6,10H2,1-4H3. The molecule has 0 bridgehead atoms. The Hall–Kier alpha value is -0.0800. The summed E-state index contributed by atoms with van der Waals surface area (Å²) in [7, 11) is 0. The minimum absolute atomic E-state index is 0.722. The van der Waals surface area contributed by atoms with Gasteiger partial charge in [-0.2, -0.15) is 0 Å². The molecule has 0 aromatic rings. The van der Waals surface area contributed by atoms with Crippen molar-refractivity contribution < 1.29 is 0 Å². The number of nitrogens with two attached hydrogens (primary N) is 1. The largest absolute Gasteiger partial charge is 0.271 e. The van der Waals surface area contributed by atoms with Gasteiger partial charge in [0.05, 0.1) is 0 Å². The van der Waals surface area contributed by atoms with Crippen molar-refractivity contribution in [1.29, 1.82) is 0 Å². The van der Waals surface area contributed by atoms with Crippen molar-refractivity contribution in [1.82, 2.24) is 5.43 Å². The van der Waals surface area contributed by atoms with Gasteiger partial charge >= 0.3 is 0 Å². The molecule has 2 heteroatoms. The molecule has 0 aromatic carbocycles. The molecule has 2 nitrogen and oxygen atoms in total. The number of hydrazine groups is 1. The first-order chi connectivity index (χ1) is 5.07. The van der Waals surface area contributed by atoms with Crippen molar-refractivity contribution in [2.75, 3.05) is 6.54 Å². The molecule has 1 atom stereocenters. The highest BCUT2D eigenvalue weighted by Crippen LogP contribution is 2.18. The Bertz CT molecular complexity index is 89.6. The van der Waals surface area contributed by atoms with Crippen LogP contribution in [0.25, 0.3) is 0 Å². The third kappa shape index (κ3) is 5.22. The van der Waals surface area contributed by atoms with Gasteiger partial charge in [-0.15, -0.1) is 0 Å². The summed E-state index contributed by atoms with van der Waals surface area (Å²) in [5.41, 5.74) is 2.75. The van der Waals surface area contributed by atoms with Gasteiger partial charge in [-0.1, -0.05) is 27.7 Å². The summed E-state index contributed by atoms with van der Waals surface area (Å²) in [4.78, 5) is 0. The van der Waals surface area contributed by atoms with E-state index in [2.05, 4.69) is 33.1 Å². The Morgan fingerprint density at radius 1 is 1.18 bits per heavy atom. The van der Waals surface area contributed by atoms with E-state index in [1.807, 2.05) is 0 Å². The van der Waals surface area contributed by atoms with Gasteiger partial charge in [0, 0.05) is 6.54 Å². The second-order valence-corrected chi connectivity index (χ2v) is 4.04. The van der Waals surface area contributed by atoms with Crippen LogP contribution >= 0.6 is 0 Å². The van der Waals surface area contributed by atoms with Crippen LogP contribution in [-0.2, 0) is 0 Å². The van der Waals surface area contributed by atoms with Crippen LogP contribution in [-0.4, -0.2) is 6.54 Å². The summed E-state index contributed by atoms with van der Waals surface area (Å²) in [6.07, 6.45) is 1.27. The lowest BCUT2D eigenvalue weighted by atomic mass is 9.88. The highest BCUT2D eigenvalue weighted by atomic mass is 15.2. The fourth-order valence-electron chi connectivity index (χ4n) is 1.35. The van der Waals surface area contributed by atoms with Crippen molar-refractivity contribution in [3.8, 4) is 0 Å². The fourth-order valence-corrected chi connectivity index (χ4v) is 1.35. The van der Waals surface area contributed by atoms with Gasteiger partial charge in [-0.3, -0.25) is 11.3 Å². The number of hydrogen-bond acceptors (Lipinski definition) is 2. The second-order valence-electron chi connectivity index (χ2n) is 4.04. The van der Waals surface area contributed by atoms with Gasteiger partial charge in [-0.05, 0) is 24.2 Å². The van der Waals surface area contributed by atoms with Crippen LogP contribution in [0.2, 0.25) is 0 Å². The molecule has 0 saturated carbocycles. The maximum Gasteiger partial charge on any atom is 0.0128 e. The van der Waals surface area contributed by atoms with Crippen molar-refractivity contribution in [2.24, 2.45) is 23.6 Å². The number of hydrogen-bond donors (Lipinski definition) is 2. The van der Waals surface area contributed by atoms with E-state index in [0.29, 0.717) is 0 Å². The molecular weight excluding hydrogens is 136 g/mol. The van der Waals surface area contributed by atoms with Crippen LogP contribution in [0.4, 0.5) is 0 Å². The van der Waals surface area contributed by atoms with Gasteiger partial charge < -0.3 is 0 Å². The van der Waals surface area contributed by atoms with Crippen molar-refractivity contribution in [3.63, 3.8) is 0 Å². The second kappa shape index (κ2) is 5.56. The van der Waals surface area contributed by atoms with E-state index in [1.165, 1.54) is 6.42 Å². The van der Waals surface area contributed by atoms with Crippen molar-refractivity contribution in [2.45, 2.75) is 34.1 Å². The Balaban J connectivity index is 3.69. The predicted octanol–water partition coefficient (Wildman–Crippen LogP) is 1.77. The van der Waals surface area contributed by atoms with E-state index in [-0.39, 0.29) is 0 Å². The van der Waals surface area contributed by atoms with E-state index < -0.39 is 0 Å². The molecule has 0 aliphatic carbocycles. The van der Waals surface area contributed by atoms with Gasteiger partial charge in [0.1, 0.15) is 0 Å². The van der Waals surface area contributed by atoms with E-state index >= 15 is 0 Å². The third-order valence-electron chi connectivity index (χ3n) is 2.10. The molecule has 11 heavy (non-hydrogen) atoms. The van der Waals surface area contributed by atoms with Crippen molar-refractivity contribution >= 4 is 0 Å². The van der Waals surface area contributed by atoms with Crippen LogP contribution in [0.15, 0.2) is 0 Å². The molecule has 0 amide bonds. The minimum atomic E-state index is 0.722. The van der Waals surface area contributed by atoms with Crippen LogP contribution in [0.3, 0.4) is 0 Å². The maximum atomic E-state index is 5.29. The van der Waals surface area contributed by atoms with Crippen LogP contribution in [0.5, 0.6) is 0 Å². The monoisotopic (exact) mass is 158 g/mol. The lowest BCUT2D eigenvalue weighted by Gasteiger charge is -2.21. The zero-order valence-corrected chi connectivity index (χ0v) is 8.22. The summed E-state index contributed by atoms with van der Waals surface area (Å²) >= 11 is 0. The van der Waals surface area contributed by atoms with E-state index in [9.17, 15) is 0 Å². The molecule has 0 rings (SSSR count). The third-order valence-corrected chi connectivity index (χ3v) is 2.10. The first-order valence-electron chi connectivity index (χ1n) is 4.51. The molecule has 0 radical (unpaired) electrons. The van der Waals surface area contributed by atoms with E-state index in [0.717, 1.165) is 24.3 Å². The number of rotatable bonds is 5. The topological polar surface area (TPSA) is 38.0 Å². The zero-order chi connectivity index (χ0) is 8.85. The molecule has 0 heterocycles. The van der Waals surface area contributed by atoms with Crippen LogP contribution in [0, 0.1) is 17.8 Å². The van der Waals surface area contributed by atoms with Gasteiger partial charge in [-0.25, -0.2) is 0 Å². The zero-order valence-electron chi connectivity index (χ0n) is 8.22. The molecule has 0 spiro atoms. The van der Waals surface area contributed by atoms with Crippen LogP contribution in [0.1, 0.15) is 34.1 Å². The lowest BCUT2D eigenvalue weighted by molar-refractivity contribution is 0.305. The number of nitrogens with one attached hydrogen (secondary N) is 1. The average Bonchev–Trinajstić information content (AvgIpc) is 1.86. The molecule has 0 aliphatic rings. The quantitative estimate of drug-likeness (QED) is 0.472. The summed E-state index contributed by atoms with van der Waals surface area (Å²) < 4.78 is 0. The molecule has 0 aromatic heterocycles. The van der Waals surface area contributed by atoms with E-state index in [1.54, 1.807) is 0 Å². The molecule has 0 aliphatic heterocycles. The van der Waals surface area contributed by atoms with Gasteiger partial charge in [0.2, 0.25) is 0 Å². The lowest BCUT2D eigenvalue weighted by Crippen LogP contribution is -2.31. The van der Waals surface area contributed by atoms with Gasteiger partial charge in [0.25, 0.3) is 0 Å². The smallest absolute Gasteiger partial charge is 0.0128 e. The molecule has 1 unspecified atom stereocenters. The first kappa shape index (κ1) is 10.9. The Kier molecular flexibility index (Phi) is 5.51. The highest BCUT2D eigenvalue weighted by molar-refractivity contribution is 4.66. The average molecular weight is 158 g/mol. The summed E-state index contributed by atoms with van der Waals surface area (Å²) in [5, 5.41) is 0. The fraction of sp³-hybridized carbons (Fsp3) is 1.00. The normalized spacial score (nSPS) is 14.5. The molecule has 68 valence electrons. The summed E-state index contributed by atoms with van der Waals surface area (Å²) in [6, 6.07) is 0. The van der Waals surface area contributed by atoms with Crippen LogP contribution < -0.4 is 11.3 Å². The predicted molar refractivity (Wildman–Crippen MR) is 50.0 cm³/mol. The SMILES string of the molecule is CC(C)CC(CNN)C(C)C.